The highest BCUT2D eigenvalue weighted by atomic mass is 16.7. The smallest absolute Gasteiger partial charge is 0.350 e. The molecule has 0 unspecified atom stereocenters. The molecular formula is C21H22N4O4. The first-order valence-electron chi connectivity index (χ1n) is 9.96. The van der Waals surface area contributed by atoms with Gasteiger partial charge in [0.25, 0.3) is 0 Å². The third kappa shape index (κ3) is 3.24. The first-order chi connectivity index (χ1) is 14.2. The van der Waals surface area contributed by atoms with E-state index in [0.29, 0.717) is 17.1 Å². The van der Waals surface area contributed by atoms with Crippen molar-refractivity contribution in [1.82, 2.24) is 14.2 Å². The van der Waals surface area contributed by atoms with Crippen LogP contribution in [0.5, 0.6) is 11.5 Å². The predicted octanol–water partition coefficient (Wildman–Crippen LogP) is 2.59. The highest BCUT2D eigenvalue weighted by Crippen LogP contribution is 2.37. The highest BCUT2D eigenvalue weighted by molar-refractivity contribution is 5.94. The summed E-state index contributed by atoms with van der Waals surface area (Å²) in [5, 5.41) is 4.31. The maximum absolute atomic E-state index is 13.4. The van der Waals surface area contributed by atoms with E-state index in [0.717, 1.165) is 31.4 Å². The SMILES string of the molecule is O=C(Cn1nc2ccccn2c1=O)N(c1ccc2c(c1)OCO2)C1CCCCC1. The number of pyridine rings is 1. The van der Waals surface area contributed by atoms with Crippen LogP contribution in [0.2, 0.25) is 0 Å². The van der Waals surface area contributed by atoms with Gasteiger partial charge in [0.05, 0.1) is 0 Å². The Hall–Kier alpha value is -3.29. The van der Waals surface area contributed by atoms with E-state index in [9.17, 15) is 9.59 Å². The molecule has 1 saturated carbocycles. The molecular weight excluding hydrogens is 372 g/mol. The average Bonchev–Trinajstić information content (AvgIpc) is 3.34. The third-order valence-electron chi connectivity index (χ3n) is 5.62. The van der Waals surface area contributed by atoms with Crippen molar-refractivity contribution in [3.8, 4) is 11.5 Å². The summed E-state index contributed by atoms with van der Waals surface area (Å²) >= 11 is 0. The Morgan fingerprint density at radius 3 is 2.76 bits per heavy atom. The van der Waals surface area contributed by atoms with Crippen LogP contribution in [0.25, 0.3) is 5.65 Å². The Morgan fingerprint density at radius 2 is 1.93 bits per heavy atom. The molecule has 0 radical (unpaired) electrons. The molecule has 29 heavy (non-hydrogen) atoms. The highest BCUT2D eigenvalue weighted by Gasteiger charge is 2.29. The second-order valence-corrected chi connectivity index (χ2v) is 7.46. The minimum atomic E-state index is -0.316. The van der Waals surface area contributed by atoms with Crippen LogP contribution in [0.3, 0.4) is 0 Å². The molecule has 0 atom stereocenters. The molecule has 3 aromatic rings. The quantitative estimate of drug-likeness (QED) is 0.680. The van der Waals surface area contributed by atoms with Crippen LogP contribution in [0.4, 0.5) is 5.69 Å². The first kappa shape index (κ1) is 17.8. The molecule has 1 aliphatic heterocycles. The lowest BCUT2D eigenvalue weighted by molar-refractivity contribution is -0.120. The number of benzene rings is 1. The maximum Gasteiger partial charge on any atom is 0.350 e. The number of hydrogen-bond donors (Lipinski definition) is 0. The van der Waals surface area contributed by atoms with Crippen molar-refractivity contribution < 1.29 is 14.3 Å². The largest absolute Gasteiger partial charge is 0.454 e. The molecule has 5 rings (SSSR count). The van der Waals surface area contributed by atoms with Crippen molar-refractivity contribution in [2.24, 2.45) is 0 Å². The molecule has 0 saturated heterocycles. The third-order valence-corrected chi connectivity index (χ3v) is 5.62. The molecule has 8 heteroatoms. The Kier molecular flexibility index (Phi) is 4.46. The fourth-order valence-corrected chi connectivity index (χ4v) is 4.21. The van der Waals surface area contributed by atoms with Crippen LogP contribution in [-0.4, -0.2) is 32.9 Å². The molecule has 3 heterocycles. The summed E-state index contributed by atoms with van der Waals surface area (Å²) in [5.41, 5.74) is 0.976. The van der Waals surface area contributed by atoms with Crippen molar-refractivity contribution in [1.29, 1.82) is 0 Å². The van der Waals surface area contributed by atoms with E-state index in [-0.39, 0.29) is 31.0 Å². The van der Waals surface area contributed by atoms with Gasteiger partial charge >= 0.3 is 5.69 Å². The second-order valence-electron chi connectivity index (χ2n) is 7.46. The normalized spacial score (nSPS) is 16.3. The number of amides is 1. The number of carbonyl (C=O) groups excluding carboxylic acids is 1. The van der Waals surface area contributed by atoms with Gasteiger partial charge in [0.1, 0.15) is 6.54 Å². The number of rotatable bonds is 4. The van der Waals surface area contributed by atoms with Gasteiger partial charge in [-0.3, -0.25) is 9.20 Å². The molecule has 8 nitrogen and oxygen atoms in total. The monoisotopic (exact) mass is 394 g/mol. The molecule has 2 aliphatic rings. The Labute approximate surface area is 167 Å². The molecule has 0 spiro atoms. The van der Waals surface area contributed by atoms with Crippen LogP contribution in [0, 0.1) is 0 Å². The van der Waals surface area contributed by atoms with Gasteiger partial charge in [0, 0.05) is 24.0 Å². The van der Waals surface area contributed by atoms with E-state index in [2.05, 4.69) is 5.10 Å². The van der Waals surface area contributed by atoms with Crippen molar-refractivity contribution in [2.75, 3.05) is 11.7 Å². The summed E-state index contributed by atoms with van der Waals surface area (Å²) in [4.78, 5) is 27.8. The van der Waals surface area contributed by atoms with Gasteiger partial charge in [-0.1, -0.05) is 25.3 Å². The number of hydrogen-bond acceptors (Lipinski definition) is 5. The summed E-state index contributed by atoms with van der Waals surface area (Å²) in [5.74, 6) is 1.17. The lowest BCUT2D eigenvalue weighted by atomic mass is 9.93. The van der Waals surface area contributed by atoms with Crippen LogP contribution in [-0.2, 0) is 11.3 Å². The fourth-order valence-electron chi connectivity index (χ4n) is 4.21. The molecule has 150 valence electrons. The topological polar surface area (TPSA) is 78.1 Å². The van der Waals surface area contributed by atoms with Crippen LogP contribution < -0.4 is 20.1 Å². The van der Waals surface area contributed by atoms with E-state index >= 15 is 0 Å². The van der Waals surface area contributed by atoms with Crippen LogP contribution in [0.15, 0.2) is 47.4 Å². The van der Waals surface area contributed by atoms with E-state index in [1.54, 1.807) is 18.3 Å². The summed E-state index contributed by atoms with van der Waals surface area (Å²) in [6.45, 7) is 0.0816. The standard InChI is InChI=1S/C21H22N4O4/c26-20(13-24-21(27)23-11-5-4-8-19(23)22-24)25(15-6-2-1-3-7-15)16-9-10-17-18(12-16)29-14-28-17/h4-5,8-12,15H,1-3,6-7,13-14H2. The number of anilines is 1. The molecule has 1 amide bonds. The molecule has 1 aromatic carbocycles. The Bertz CT molecular complexity index is 1110. The summed E-state index contributed by atoms with van der Waals surface area (Å²) in [6, 6.07) is 11.0. The summed E-state index contributed by atoms with van der Waals surface area (Å²) < 4.78 is 13.6. The van der Waals surface area contributed by atoms with Crippen LogP contribution in [0.1, 0.15) is 32.1 Å². The summed E-state index contributed by atoms with van der Waals surface area (Å²) in [7, 11) is 0. The lowest BCUT2D eigenvalue weighted by Crippen LogP contribution is -2.44. The van der Waals surface area contributed by atoms with Gasteiger partial charge in [-0.25, -0.2) is 9.48 Å². The minimum absolute atomic E-state index is 0.101. The molecule has 1 aliphatic carbocycles. The molecule has 1 fully saturated rings. The predicted molar refractivity (Wildman–Crippen MR) is 106 cm³/mol. The lowest BCUT2D eigenvalue weighted by Gasteiger charge is -2.34. The van der Waals surface area contributed by atoms with Crippen molar-refractivity contribution in [3.63, 3.8) is 0 Å². The zero-order chi connectivity index (χ0) is 19.8. The zero-order valence-corrected chi connectivity index (χ0v) is 16.0. The van der Waals surface area contributed by atoms with Crippen LogP contribution >= 0.6 is 0 Å². The van der Waals surface area contributed by atoms with E-state index in [1.165, 1.54) is 15.5 Å². The number of nitrogens with zero attached hydrogens (tertiary/aromatic N) is 4. The Morgan fingerprint density at radius 1 is 1.10 bits per heavy atom. The number of fused-ring (bicyclic) bond motifs is 2. The molecule has 0 N–H and O–H groups in total. The number of ether oxygens (including phenoxy) is 2. The van der Waals surface area contributed by atoms with Crippen molar-refractivity contribution in [3.05, 3.63) is 53.1 Å². The molecule has 0 bridgehead atoms. The number of aromatic nitrogens is 3. The van der Waals surface area contributed by atoms with E-state index < -0.39 is 0 Å². The molecule has 2 aromatic heterocycles. The Balaban J connectivity index is 1.49. The van der Waals surface area contributed by atoms with Gasteiger partial charge < -0.3 is 14.4 Å². The zero-order valence-electron chi connectivity index (χ0n) is 16.0. The van der Waals surface area contributed by atoms with E-state index in [1.807, 2.05) is 29.2 Å². The number of carbonyl (C=O) groups is 1. The average molecular weight is 394 g/mol. The summed E-state index contributed by atoms with van der Waals surface area (Å²) in [6.07, 6.45) is 6.91. The van der Waals surface area contributed by atoms with Gasteiger partial charge in [0.15, 0.2) is 17.1 Å². The van der Waals surface area contributed by atoms with Crippen molar-refractivity contribution >= 4 is 17.2 Å². The second kappa shape index (κ2) is 7.27. The first-order valence-corrected chi connectivity index (χ1v) is 9.96. The van der Waals surface area contributed by atoms with Gasteiger partial charge in [-0.05, 0) is 37.1 Å². The van der Waals surface area contributed by atoms with E-state index in [4.69, 9.17) is 9.47 Å². The fraction of sp³-hybridized carbons (Fsp3) is 0.381. The maximum atomic E-state index is 13.4. The van der Waals surface area contributed by atoms with Gasteiger partial charge in [-0.15, -0.1) is 5.10 Å². The van der Waals surface area contributed by atoms with Crippen molar-refractivity contribution in [2.45, 2.75) is 44.7 Å². The minimum Gasteiger partial charge on any atom is -0.454 e. The van der Waals surface area contributed by atoms with Gasteiger partial charge in [-0.2, -0.15) is 0 Å². The van der Waals surface area contributed by atoms with Gasteiger partial charge in [0.2, 0.25) is 12.7 Å².